The second kappa shape index (κ2) is 5.98. The van der Waals surface area contributed by atoms with Crippen LogP contribution in [-0.4, -0.2) is 34.2 Å². The number of rotatable bonds is 7. The van der Waals surface area contributed by atoms with E-state index in [4.69, 9.17) is 4.74 Å². The smallest absolute Gasteiger partial charge is 0.327 e. The quantitative estimate of drug-likeness (QED) is 0.572. The molecule has 1 aliphatic rings. The molecular formula is C13H15BrN2O5. The van der Waals surface area contributed by atoms with E-state index in [1.165, 1.54) is 19.1 Å². The van der Waals surface area contributed by atoms with Gasteiger partial charge in [0.25, 0.3) is 0 Å². The highest BCUT2D eigenvalue weighted by Gasteiger charge is 2.39. The maximum atomic E-state index is 11.4. The fourth-order valence-electron chi connectivity index (χ4n) is 1.82. The highest BCUT2D eigenvalue weighted by atomic mass is 79.9. The Hall–Kier alpha value is -1.67. The van der Waals surface area contributed by atoms with Crippen molar-refractivity contribution in [2.45, 2.75) is 31.3 Å². The first-order valence-corrected chi connectivity index (χ1v) is 7.19. The van der Waals surface area contributed by atoms with Crippen molar-refractivity contribution < 1.29 is 19.6 Å². The number of halogens is 1. The van der Waals surface area contributed by atoms with Crippen LogP contribution in [0.15, 0.2) is 22.7 Å². The molecule has 2 rings (SSSR count). The van der Waals surface area contributed by atoms with E-state index in [9.17, 15) is 20.0 Å². The van der Waals surface area contributed by atoms with E-state index in [0.717, 1.165) is 12.8 Å². The Bertz CT molecular complexity index is 576. The molecule has 0 amide bonds. The number of hydrogen-bond acceptors (Lipinski definition) is 5. The predicted molar refractivity (Wildman–Crippen MR) is 78.5 cm³/mol. The van der Waals surface area contributed by atoms with E-state index in [-0.39, 0.29) is 24.1 Å². The lowest BCUT2D eigenvalue weighted by Crippen LogP contribution is -2.54. The Kier molecular flexibility index (Phi) is 4.48. The van der Waals surface area contributed by atoms with Gasteiger partial charge in [-0.05, 0) is 31.9 Å². The van der Waals surface area contributed by atoms with Crippen LogP contribution in [0.5, 0.6) is 5.75 Å². The van der Waals surface area contributed by atoms with Crippen molar-refractivity contribution in [2.75, 3.05) is 6.61 Å². The molecule has 1 atom stereocenters. The number of aliphatic carboxylic acids is 1. The Labute approximate surface area is 129 Å². The highest BCUT2D eigenvalue weighted by Crippen LogP contribution is 2.31. The third-order valence-electron chi connectivity index (χ3n) is 3.21. The summed E-state index contributed by atoms with van der Waals surface area (Å²) in [5.74, 6) is -0.998. The molecule has 8 heteroatoms. The summed E-state index contributed by atoms with van der Waals surface area (Å²) in [5, 5.41) is 23.3. The number of nitro benzene ring substituents is 1. The zero-order chi connectivity index (χ0) is 15.6. The van der Waals surface area contributed by atoms with Crippen LogP contribution in [-0.2, 0) is 4.79 Å². The van der Waals surface area contributed by atoms with Crippen LogP contribution in [0.1, 0.15) is 19.8 Å². The monoisotopic (exact) mass is 358 g/mol. The zero-order valence-electron chi connectivity index (χ0n) is 11.3. The molecular weight excluding hydrogens is 344 g/mol. The molecule has 1 aromatic rings. The van der Waals surface area contributed by atoms with Crippen molar-refractivity contribution in [1.29, 1.82) is 0 Å². The summed E-state index contributed by atoms with van der Waals surface area (Å²) < 4.78 is 5.96. The number of carboxylic acid groups (broad SMARTS) is 1. The van der Waals surface area contributed by atoms with E-state index in [2.05, 4.69) is 21.2 Å². The number of nitro groups is 1. The maximum absolute atomic E-state index is 11.4. The summed E-state index contributed by atoms with van der Waals surface area (Å²) in [6.07, 6.45) is 1.86. The fourth-order valence-corrected chi connectivity index (χ4v) is 2.17. The van der Waals surface area contributed by atoms with Gasteiger partial charge in [0.2, 0.25) is 0 Å². The highest BCUT2D eigenvalue weighted by molar-refractivity contribution is 9.10. The van der Waals surface area contributed by atoms with Gasteiger partial charge >= 0.3 is 11.7 Å². The van der Waals surface area contributed by atoms with Crippen LogP contribution in [0.25, 0.3) is 0 Å². The summed E-state index contributed by atoms with van der Waals surface area (Å²) in [7, 11) is 0. The molecule has 1 saturated carbocycles. The van der Waals surface area contributed by atoms with Crippen LogP contribution in [0.3, 0.4) is 0 Å². The van der Waals surface area contributed by atoms with Crippen molar-refractivity contribution in [3.05, 3.63) is 32.8 Å². The van der Waals surface area contributed by atoms with Crippen molar-refractivity contribution >= 4 is 27.6 Å². The zero-order valence-corrected chi connectivity index (χ0v) is 12.9. The Morgan fingerprint density at radius 2 is 2.29 bits per heavy atom. The topological polar surface area (TPSA) is 102 Å². The van der Waals surface area contributed by atoms with Gasteiger partial charge in [-0.1, -0.05) is 15.9 Å². The molecule has 0 aromatic heterocycles. The Balaban J connectivity index is 2.13. The van der Waals surface area contributed by atoms with Gasteiger partial charge in [0.05, 0.1) is 4.92 Å². The van der Waals surface area contributed by atoms with E-state index < -0.39 is 16.4 Å². The summed E-state index contributed by atoms with van der Waals surface area (Å²) in [4.78, 5) is 21.8. The summed E-state index contributed by atoms with van der Waals surface area (Å²) in [6, 6.07) is 4.55. The molecule has 7 nitrogen and oxygen atoms in total. The predicted octanol–water partition coefficient (Wildman–Crippen LogP) is 2.33. The van der Waals surface area contributed by atoms with E-state index in [1.807, 2.05) is 0 Å². The van der Waals surface area contributed by atoms with E-state index in [0.29, 0.717) is 4.47 Å². The molecule has 1 unspecified atom stereocenters. The minimum absolute atomic E-state index is 0.0493. The fraction of sp³-hybridized carbons (Fsp3) is 0.462. The Morgan fingerprint density at radius 3 is 2.81 bits per heavy atom. The molecule has 21 heavy (non-hydrogen) atoms. The van der Waals surface area contributed by atoms with Gasteiger partial charge in [0, 0.05) is 16.6 Å². The largest absolute Gasteiger partial charge is 0.484 e. The van der Waals surface area contributed by atoms with Crippen molar-refractivity contribution in [1.82, 2.24) is 5.32 Å². The molecule has 0 heterocycles. The molecule has 0 spiro atoms. The van der Waals surface area contributed by atoms with Gasteiger partial charge in [-0.2, -0.15) is 0 Å². The van der Waals surface area contributed by atoms with E-state index in [1.54, 1.807) is 6.07 Å². The normalized spacial score (nSPS) is 17.0. The molecule has 1 fully saturated rings. The molecule has 1 aliphatic carbocycles. The van der Waals surface area contributed by atoms with Gasteiger partial charge in [-0.3, -0.25) is 20.2 Å². The van der Waals surface area contributed by atoms with Crippen molar-refractivity contribution in [2.24, 2.45) is 0 Å². The van der Waals surface area contributed by atoms with Crippen molar-refractivity contribution in [3.63, 3.8) is 0 Å². The lowest BCUT2D eigenvalue weighted by atomic mass is 10.0. The minimum Gasteiger partial charge on any atom is -0.484 e. The molecule has 2 N–H and O–H groups in total. The number of carbonyl (C=O) groups is 1. The number of ether oxygens (including phenoxy) is 1. The van der Waals surface area contributed by atoms with E-state index >= 15 is 0 Å². The number of carboxylic acids is 1. The van der Waals surface area contributed by atoms with Crippen LogP contribution in [0, 0.1) is 10.1 Å². The van der Waals surface area contributed by atoms with Gasteiger partial charge in [-0.25, -0.2) is 0 Å². The van der Waals surface area contributed by atoms with Crippen LogP contribution in [0.4, 0.5) is 5.69 Å². The van der Waals surface area contributed by atoms with Gasteiger partial charge < -0.3 is 9.84 Å². The third kappa shape index (κ3) is 3.92. The first kappa shape index (κ1) is 15.7. The summed E-state index contributed by atoms with van der Waals surface area (Å²) in [6.45, 7) is 1.32. The molecule has 0 radical (unpaired) electrons. The molecule has 0 bridgehead atoms. The van der Waals surface area contributed by atoms with Gasteiger partial charge in [0.15, 0.2) is 5.75 Å². The number of nitrogens with one attached hydrogen (secondary N) is 1. The summed E-state index contributed by atoms with van der Waals surface area (Å²) >= 11 is 3.15. The second-order valence-corrected chi connectivity index (χ2v) is 6.13. The molecule has 114 valence electrons. The van der Waals surface area contributed by atoms with Gasteiger partial charge in [-0.15, -0.1) is 0 Å². The SMILES string of the molecule is CC(COc1ccc(Br)cc1[N+](=O)[O-])(NC1CC1)C(=O)O. The van der Waals surface area contributed by atoms with Crippen LogP contribution >= 0.6 is 15.9 Å². The van der Waals surface area contributed by atoms with Gasteiger partial charge in [0.1, 0.15) is 12.1 Å². The number of benzene rings is 1. The second-order valence-electron chi connectivity index (χ2n) is 5.21. The van der Waals surface area contributed by atoms with Crippen LogP contribution < -0.4 is 10.1 Å². The lowest BCUT2D eigenvalue weighted by Gasteiger charge is -2.26. The molecule has 1 aromatic carbocycles. The lowest BCUT2D eigenvalue weighted by molar-refractivity contribution is -0.386. The molecule has 0 saturated heterocycles. The number of nitrogens with zero attached hydrogens (tertiary/aromatic N) is 1. The standard InChI is InChI=1S/C13H15BrN2O5/c1-13(12(17)18,15-9-3-4-9)7-21-11-5-2-8(14)6-10(11)16(19)20/h2,5-6,9,15H,3-4,7H2,1H3,(H,17,18). The average Bonchev–Trinajstić information content (AvgIpc) is 3.20. The molecule has 0 aliphatic heterocycles. The minimum atomic E-state index is -1.28. The Morgan fingerprint density at radius 1 is 1.62 bits per heavy atom. The first-order chi connectivity index (χ1) is 9.82. The average molecular weight is 359 g/mol. The van der Waals surface area contributed by atoms with Crippen LogP contribution in [0.2, 0.25) is 0 Å². The first-order valence-electron chi connectivity index (χ1n) is 6.40. The number of hydrogen-bond donors (Lipinski definition) is 2. The maximum Gasteiger partial charge on any atom is 0.327 e. The van der Waals surface area contributed by atoms with Crippen molar-refractivity contribution in [3.8, 4) is 5.75 Å². The third-order valence-corrected chi connectivity index (χ3v) is 3.70. The summed E-state index contributed by atoms with van der Waals surface area (Å²) in [5.41, 5.74) is -1.48.